The zero-order valence-electron chi connectivity index (χ0n) is 16.0. The minimum Gasteiger partial charge on any atom is -0.362 e. The highest BCUT2D eigenvalue weighted by Gasteiger charge is 2.37. The molecular weight excluding hydrogens is 440 g/mol. The number of nitrogens with one attached hydrogen (secondary N) is 1. The van der Waals surface area contributed by atoms with Gasteiger partial charge in [-0.3, -0.25) is 4.79 Å². The van der Waals surface area contributed by atoms with Crippen LogP contribution in [0.4, 0.5) is 23.2 Å². The van der Waals surface area contributed by atoms with Crippen LogP contribution >= 0.6 is 11.6 Å². The molecule has 164 valence electrons. The van der Waals surface area contributed by atoms with Gasteiger partial charge in [-0.15, -0.1) is 0 Å². The van der Waals surface area contributed by atoms with E-state index < -0.39 is 29.2 Å². The summed E-state index contributed by atoms with van der Waals surface area (Å²) in [5.74, 6) is -0.974. The van der Waals surface area contributed by atoms with Crippen LogP contribution in [0.15, 0.2) is 35.5 Å². The summed E-state index contributed by atoms with van der Waals surface area (Å²) in [7, 11) is 0. The number of nitrogens with two attached hydrogens (primary N) is 1. The van der Waals surface area contributed by atoms with Crippen LogP contribution in [-0.2, 0) is 19.1 Å². The van der Waals surface area contributed by atoms with E-state index in [9.17, 15) is 22.4 Å². The number of imidazole rings is 1. The van der Waals surface area contributed by atoms with Crippen molar-refractivity contribution in [3.63, 3.8) is 0 Å². The van der Waals surface area contributed by atoms with Crippen LogP contribution in [-0.4, -0.2) is 32.8 Å². The van der Waals surface area contributed by atoms with Crippen LogP contribution in [0, 0.1) is 5.82 Å². The summed E-state index contributed by atoms with van der Waals surface area (Å²) in [4.78, 5) is 17.9. The molecule has 1 aromatic carbocycles. The number of H-pyrrole nitrogens is 1. The largest absolute Gasteiger partial charge is 0.416 e. The molecule has 0 saturated carbocycles. The number of benzene rings is 1. The summed E-state index contributed by atoms with van der Waals surface area (Å²) in [6.07, 6.45) is -1.43. The summed E-state index contributed by atoms with van der Waals surface area (Å²) in [5.41, 5.74) is 5.93. The number of halogens is 5. The van der Waals surface area contributed by atoms with Crippen LogP contribution in [0.5, 0.6) is 0 Å². The molecule has 3 heterocycles. The second kappa shape index (κ2) is 7.97. The maximum atomic E-state index is 13.5. The van der Waals surface area contributed by atoms with E-state index >= 15 is 0 Å². The SMILES string of the molecule is NCC(c1ccc(F)cc1C(F)(F)F)n1cnc2c1CCN(c1cn[nH]c(=O)c1Cl)C2. The van der Waals surface area contributed by atoms with Gasteiger partial charge >= 0.3 is 6.18 Å². The topological polar surface area (TPSA) is 92.8 Å². The molecule has 0 radical (unpaired) electrons. The minimum atomic E-state index is -4.73. The van der Waals surface area contributed by atoms with Gasteiger partial charge < -0.3 is 15.2 Å². The van der Waals surface area contributed by atoms with Crippen LogP contribution in [0.25, 0.3) is 0 Å². The fourth-order valence-corrected chi connectivity index (χ4v) is 4.07. The van der Waals surface area contributed by atoms with Crippen molar-refractivity contribution >= 4 is 17.3 Å². The van der Waals surface area contributed by atoms with Crippen LogP contribution in [0.1, 0.15) is 28.6 Å². The maximum Gasteiger partial charge on any atom is 0.416 e. The Labute approximate surface area is 178 Å². The van der Waals surface area contributed by atoms with E-state index in [1.165, 1.54) is 12.5 Å². The Bertz CT molecular complexity index is 1170. The lowest BCUT2D eigenvalue weighted by atomic mass is 9.98. The summed E-state index contributed by atoms with van der Waals surface area (Å²) >= 11 is 6.08. The van der Waals surface area contributed by atoms with Crippen molar-refractivity contribution in [2.45, 2.75) is 25.2 Å². The molecule has 4 rings (SSSR count). The van der Waals surface area contributed by atoms with Crippen molar-refractivity contribution in [3.8, 4) is 0 Å². The van der Waals surface area contributed by atoms with Gasteiger partial charge in [-0.25, -0.2) is 14.5 Å². The van der Waals surface area contributed by atoms with E-state index in [0.717, 1.165) is 17.8 Å². The number of fused-ring (bicyclic) bond motifs is 1. The number of aromatic amines is 1. The molecule has 0 bridgehead atoms. The smallest absolute Gasteiger partial charge is 0.362 e. The normalized spacial score (nSPS) is 15.1. The zero-order valence-corrected chi connectivity index (χ0v) is 16.7. The lowest BCUT2D eigenvalue weighted by Gasteiger charge is -2.30. The van der Waals surface area contributed by atoms with Crippen molar-refractivity contribution in [2.75, 3.05) is 18.0 Å². The maximum absolute atomic E-state index is 13.5. The Morgan fingerprint density at radius 2 is 2.10 bits per heavy atom. The lowest BCUT2D eigenvalue weighted by Crippen LogP contribution is -2.34. The highest BCUT2D eigenvalue weighted by molar-refractivity contribution is 6.32. The molecule has 0 saturated heterocycles. The third kappa shape index (κ3) is 3.90. The quantitative estimate of drug-likeness (QED) is 0.589. The van der Waals surface area contributed by atoms with Crippen molar-refractivity contribution < 1.29 is 17.6 Å². The average molecular weight is 457 g/mol. The first-order valence-electron chi connectivity index (χ1n) is 9.30. The molecular formula is C19H17ClF4N6O. The van der Waals surface area contributed by atoms with Crippen molar-refractivity contribution in [3.05, 3.63) is 74.4 Å². The third-order valence-electron chi connectivity index (χ3n) is 5.30. The first-order valence-corrected chi connectivity index (χ1v) is 9.68. The van der Waals surface area contributed by atoms with E-state index in [0.29, 0.717) is 37.0 Å². The van der Waals surface area contributed by atoms with Crippen molar-refractivity contribution in [2.24, 2.45) is 5.73 Å². The molecule has 7 nitrogen and oxygen atoms in total. The molecule has 0 fully saturated rings. The molecule has 0 spiro atoms. The van der Waals surface area contributed by atoms with E-state index in [2.05, 4.69) is 15.2 Å². The summed E-state index contributed by atoms with van der Waals surface area (Å²) in [6, 6.07) is 1.70. The molecule has 31 heavy (non-hydrogen) atoms. The molecule has 3 N–H and O–H groups in total. The van der Waals surface area contributed by atoms with Gasteiger partial charge in [0.2, 0.25) is 0 Å². The van der Waals surface area contributed by atoms with E-state index in [1.807, 2.05) is 4.90 Å². The Morgan fingerprint density at radius 3 is 2.81 bits per heavy atom. The molecule has 0 amide bonds. The van der Waals surface area contributed by atoms with E-state index in [1.54, 1.807) is 4.57 Å². The second-order valence-electron chi connectivity index (χ2n) is 7.10. The summed E-state index contributed by atoms with van der Waals surface area (Å²) in [6.45, 7) is 0.599. The lowest BCUT2D eigenvalue weighted by molar-refractivity contribution is -0.138. The molecule has 1 atom stereocenters. The first kappa shape index (κ1) is 21.3. The van der Waals surface area contributed by atoms with Gasteiger partial charge in [0.1, 0.15) is 10.8 Å². The Balaban J connectivity index is 1.70. The van der Waals surface area contributed by atoms with Gasteiger partial charge in [-0.1, -0.05) is 17.7 Å². The van der Waals surface area contributed by atoms with Gasteiger partial charge in [0.05, 0.1) is 42.1 Å². The summed E-state index contributed by atoms with van der Waals surface area (Å²) < 4.78 is 55.7. The van der Waals surface area contributed by atoms with Crippen molar-refractivity contribution in [1.29, 1.82) is 0 Å². The zero-order chi connectivity index (χ0) is 22.3. The number of anilines is 1. The van der Waals surface area contributed by atoms with Crippen molar-refractivity contribution in [1.82, 2.24) is 19.7 Å². The highest BCUT2D eigenvalue weighted by Crippen LogP contribution is 2.37. The molecule has 1 aliphatic rings. The van der Waals surface area contributed by atoms with Gasteiger partial charge in [0, 0.05) is 25.2 Å². The highest BCUT2D eigenvalue weighted by atomic mass is 35.5. The van der Waals surface area contributed by atoms with Crippen LogP contribution in [0.2, 0.25) is 5.02 Å². The Kier molecular flexibility index (Phi) is 5.48. The molecule has 0 aliphatic carbocycles. The van der Waals surface area contributed by atoms with E-state index in [-0.39, 0.29) is 17.1 Å². The van der Waals surface area contributed by atoms with Crippen LogP contribution in [0.3, 0.4) is 0 Å². The fourth-order valence-electron chi connectivity index (χ4n) is 3.86. The minimum absolute atomic E-state index is 0.00107. The Morgan fingerprint density at radius 1 is 1.32 bits per heavy atom. The molecule has 12 heteroatoms. The monoisotopic (exact) mass is 456 g/mol. The number of alkyl halides is 3. The van der Waals surface area contributed by atoms with Gasteiger partial charge in [0.15, 0.2) is 0 Å². The van der Waals surface area contributed by atoms with Gasteiger partial charge in [-0.05, 0) is 17.7 Å². The fraction of sp³-hybridized carbons (Fsp3) is 0.316. The number of nitrogens with zero attached hydrogens (tertiary/aromatic N) is 4. The molecule has 3 aromatic rings. The third-order valence-corrected chi connectivity index (χ3v) is 5.66. The predicted molar refractivity (Wildman–Crippen MR) is 105 cm³/mol. The van der Waals surface area contributed by atoms with Gasteiger partial charge in [0.25, 0.3) is 5.56 Å². The number of rotatable bonds is 4. The average Bonchev–Trinajstić information content (AvgIpc) is 3.14. The summed E-state index contributed by atoms with van der Waals surface area (Å²) in [5, 5.41) is 6.01. The number of hydrogen-bond acceptors (Lipinski definition) is 5. The molecule has 2 aromatic heterocycles. The first-order chi connectivity index (χ1) is 14.7. The predicted octanol–water partition coefficient (Wildman–Crippen LogP) is 2.89. The Hall–Kier alpha value is -2.92. The number of hydrogen-bond donors (Lipinski definition) is 2. The van der Waals surface area contributed by atoms with E-state index in [4.69, 9.17) is 17.3 Å². The van der Waals surface area contributed by atoms with Gasteiger partial charge in [-0.2, -0.15) is 18.3 Å². The standard InChI is InChI=1S/C19H17ClF4N6O/c20-17-16(7-27-28-18(17)31)29-4-3-14-13(8-29)26-9-30(14)15(6-25)11-2-1-10(21)5-12(11)19(22,23)24/h1-2,5,7,9,15H,3-4,6,8,25H2,(H,28,31). The molecule has 1 aliphatic heterocycles. The van der Waals surface area contributed by atoms with Crippen LogP contribution < -0.4 is 16.2 Å². The second-order valence-corrected chi connectivity index (χ2v) is 7.47. The number of aromatic nitrogens is 4. The molecule has 1 unspecified atom stereocenters.